The second-order valence-corrected chi connectivity index (χ2v) is 17.0. The quantitative estimate of drug-likeness (QED) is 0.0887. The SMILES string of the molecule is CC(=O)O[C@@H](COCc1ccccc1)[C@H](OCc1ccccc1)[C@@H](/C=C/CO[Si](C)(C)C(C)(C)C)OCc1ccccc1. The number of carbonyl (C=O) groups excluding carboxylic acids is 1. The Bertz CT molecular complexity index is 1220. The monoisotopic (exact) mass is 604 g/mol. The number of benzene rings is 3. The Kier molecular flexibility index (Phi) is 13.8. The Hall–Kier alpha value is -3.07. The van der Waals surface area contributed by atoms with Crippen LogP contribution in [0.25, 0.3) is 0 Å². The van der Waals surface area contributed by atoms with Crippen molar-refractivity contribution < 1.29 is 28.2 Å². The normalized spacial score (nSPS) is 14.4. The molecule has 0 spiro atoms. The molecule has 0 saturated heterocycles. The molecule has 0 saturated carbocycles. The van der Waals surface area contributed by atoms with Gasteiger partial charge in [-0.1, -0.05) is 124 Å². The van der Waals surface area contributed by atoms with E-state index in [0.29, 0.717) is 26.4 Å². The first-order valence-electron chi connectivity index (χ1n) is 15.0. The molecule has 0 radical (unpaired) electrons. The maximum Gasteiger partial charge on any atom is 0.303 e. The molecule has 3 aromatic carbocycles. The van der Waals surface area contributed by atoms with Gasteiger partial charge in [0, 0.05) is 6.92 Å². The van der Waals surface area contributed by atoms with Crippen molar-refractivity contribution in [2.24, 2.45) is 0 Å². The van der Waals surface area contributed by atoms with Gasteiger partial charge in [-0.15, -0.1) is 0 Å². The van der Waals surface area contributed by atoms with E-state index in [1.165, 1.54) is 6.92 Å². The third-order valence-electron chi connectivity index (χ3n) is 7.64. The van der Waals surface area contributed by atoms with E-state index >= 15 is 0 Å². The molecule has 0 unspecified atom stereocenters. The van der Waals surface area contributed by atoms with Gasteiger partial charge in [-0.25, -0.2) is 0 Å². The predicted octanol–water partition coefficient (Wildman–Crippen LogP) is 7.88. The van der Waals surface area contributed by atoms with Gasteiger partial charge in [0.2, 0.25) is 0 Å². The highest BCUT2D eigenvalue weighted by Gasteiger charge is 2.37. The molecule has 0 fully saturated rings. The van der Waals surface area contributed by atoms with Gasteiger partial charge in [0.05, 0.1) is 33.0 Å². The molecule has 6 nitrogen and oxygen atoms in total. The number of rotatable bonds is 17. The molecule has 43 heavy (non-hydrogen) atoms. The Morgan fingerprint density at radius 2 is 1.26 bits per heavy atom. The van der Waals surface area contributed by atoms with Crippen LogP contribution in [0.2, 0.25) is 18.1 Å². The van der Waals surface area contributed by atoms with Gasteiger partial charge in [-0.05, 0) is 34.8 Å². The van der Waals surface area contributed by atoms with Crippen LogP contribution >= 0.6 is 0 Å². The molecule has 0 N–H and O–H groups in total. The van der Waals surface area contributed by atoms with Crippen LogP contribution in [-0.4, -0.2) is 45.8 Å². The largest absolute Gasteiger partial charge is 0.457 e. The number of hydrogen-bond donors (Lipinski definition) is 0. The lowest BCUT2D eigenvalue weighted by molar-refractivity contribution is -0.174. The van der Waals surface area contributed by atoms with E-state index in [1.807, 2.05) is 103 Å². The highest BCUT2D eigenvalue weighted by atomic mass is 28.4. The van der Waals surface area contributed by atoms with Crippen molar-refractivity contribution in [1.82, 2.24) is 0 Å². The highest BCUT2D eigenvalue weighted by molar-refractivity contribution is 6.74. The zero-order chi connectivity index (χ0) is 31.1. The van der Waals surface area contributed by atoms with Gasteiger partial charge in [-0.3, -0.25) is 4.79 Å². The van der Waals surface area contributed by atoms with Crippen LogP contribution < -0.4 is 0 Å². The van der Waals surface area contributed by atoms with E-state index in [0.717, 1.165) is 16.7 Å². The molecule has 0 heterocycles. The average Bonchev–Trinajstić information content (AvgIpc) is 2.98. The van der Waals surface area contributed by atoms with E-state index in [9.17, 15) is 4.79 Å². The van der Waals surface area contributed by atoms with Crippen molar-refractivity contribution in [3.63, 3.8) is 0 Å². The fraction of sp³-hybridized carbons (Fsp3) is 0.417. The molecule has 3 atom stereocenters. The number of hydrogen-bond acceptors (Lipinski definition) is 6. The standard InChI is InChI=1S/C36H48O6Si/c1-29(37)42-34(28-38-25-30-17-10-7-11-18-30)35(40-27-32-21-14-9-15-22-32)33(39-26-31-19-12-8-13-20-31)23-16-24-41-43(5,6)36(2,3)4/h7-23,33-35H,24-28H2,1-6H3/b23-16+/t33-,34+,35-/m1/s1. The molecule has 232 valence electrons. The van der Waals surface area contributed by atoms with E-state index < -0.39 is 32.6 Å². The van der Waals surface area contributed by atoms with Gasteiger partial charge in [0.25, 0.3) is 0 Å². The van der Waals surface area contributed by atoms with E-state index in [1.54, 1.807) is 0 Å². The maximum atomic E-state index is 12.3. The van der Waals surface area contributed by atoms with Gasteiger partial charge >= 0.3 is 5.97 Å². The zero-order valence-electron chi connectivity index (χ0n) is 26.5. The summed E-state index contributed by atoms with van der Waals surface area (Å²) >= 11 is 0. The molecule has 0 amide bonds. The minimum absolute atomic E-state index is 0.0991. The molecule has 0 aromatic heterocycles. The third-order valence-corrected chi connectivity index (χ3v) is 12.1. The molecule has 3 aromatic rings. The maximum absolute atomic E-state index is 12.3. The van der Waals surface area contributed by atoms with E-state index in [4.69, 9.17) is 23.4 Å². The first-order valence-corrected chi connectivity index (χ1v) is 17.9. The second kappa shape index (κ2) is 17.3. The molecule has 0 bridgehead atoms. The fourth-order valence-corrected chi connectivity index (χ4v) is 5.09. The van der Waals surface area contributed by atoms with Crippen molar-refractivity contribution in [1.29, 1.82) is 0 Å². The molecular weight excluding hydrogens is 556 g/mol. The van der Waals surface area contributed by atoms with Crippen LogP contribution in [0.3, 0.4) is 0 Å². The minimum atomic E-state index is -1.94. The van der Waals surface area contributed by atoms with E-state index in [-0.39, 0.29) is 11.6 Å². The van der Waals surface area contributed by atoms with Crippen molar-refractivity contribution >= 4 is 14.3 Å². The number of esters is 1. The number of ether oxygens (including phenoxy) is 4. The summed E-state index contributed by atoms with van der Waals surface area (Å²) in [6.45, 7) is 14.2. The van der Waals surface area contributed by atoms with Crippen molar-refractivity contribution in [2.75, 3.05) is 13.2 Å². The van der Waals surface area contributed by atoms with Gasteiger partial charge in [-0.2, -0.15) is 0 Å². The summed E-state index contributed by atoms with van der Waals surface area (Å²) < 4.78 is 31.4. The fourth-order valence-electron chi connectivity index (χ4n) is 4.15. The Morgan fingerprint density at radius 1 is 0.767 bits per heavy atom. The molecule has 0 aliphatic heterocycles. The van der Waals surface area contributed by atoms with Crippen LogP contribution in [0.4, 0.5) is 0 Å². The summed E-state index contributed by atoms with van der Waals surface area (Å²) in [5.41, 5.74) is 3.07. The van der Waals surface area contributed by atoms with Crippen molar-refractivity contribution in [2.45, 2.75) is 84.0 Å². The summed E-state index contributed by atoms with van der Waals surface area (Å²) in [6.07, 6.45) is 2.06. The number of carbonyl (C=O) groups is 1. The Morgan fingerprint density at radius 3 is 1.74 bits per heavy atom. The van der Waals surface area contributed by atoms with Crippen molar-refractivity contribution in [3.05, 3.63) is 120 Å². The smallest absolute Gasteiger partial charge is 0.303 e. The average molecular weight is 605 g/mol. The summed E-state index contributed by atoms with van der Waals surface area (Å²) in [4.78, 5) is 12.3. The predicted molar refractivity (Wildman–Crippen MR) is 174 cm³/mol. The van der Waals surface area contributed by atoms with Crippen LogP contribution in [0, 0.1) is 0 Å². The van der Waals surface area contributed by atoms with Crippen molar-refractivity contribution in [3.8, 4) is 0 Å². The topological polar surface area (TPSA) is 63.2 Å². The summed E-state index contributed by atoms with van der Waals surface area (Å²) in [5, 5.41) is 0.0991. The summed E-state index contributed by atoms with van der Waals surface area (Å²) in [7, 11) is -1.94. The minimum Gasteiger partial charge on any atom is -0.457 e. The molecule has 0 aliphatic carbocycles. The van der Waals surface area contributed by atoms with E-state index in [2.05, 4.69) is 33.9 Å². The lowest BCUT2D eigenvalue weighted by atomic mass is 10.1. The first-order chi connectivity index (χ1) is 20.5. The zero-order valence-corrected chi connectivity index (χ0v) is 27.5. The van der Waals surface area contributed by atoms with Gasteiger partial charge in [0.15, 0.2) is 14.4 Å². The highest BCUT2D eigenvalue weighted by Crippen LogP contribution is 2.36. The Labute approximate surface area is 259 Å². The van der Waals surface area contributed by atoms with Crippen LogP contribution in [0.1, 0.15) is 44.4 Å². The lowest BCUT2D eigenvalue weighted by Crippen LogP contribution is -2.45. The van der Waals surface area contributed by atoms with Gasteiger partial charge < -0.3 is 23.4 Å². The molecule has 7 heteroatoms. The second-order valence-electron chi connectivity index (χ2n) is 12.2. The summed E-state index contributed by atoms with van der Waals surface area (Å²) in [5.74, 6) is -0.409. The first kappa shape index (κ1) is 34.4. The molecular formula is C36H48O6Si. The van der Waals surface area contributed by atoms with Crippen LogP contribution in [-0.2, 0) is 48.0 Å². The Balaban J connectivity index is 1.87. The van der Waals surface area contributed by atoms with Crippen LogP contribution in [0.5, 0.6) is 0 Å². The molecule has 0 aliphatic rings. The van der Waals surface area contributed by atoms with Crippen LogP contribution in [0.15, 0.2) is 103 Å². The van der Waals surface area contributed by atoms with Gasteiger partial charge in [0.1, 0.15) is 12.2 Å². The molecule has 3 rings (SSSR count). The third kappa shape index (κ3) is 12.2. The summed E-state index contributed by atoms with van der Waals surface area (Å²) in [6, 6.07) is 29.8. The lowest BCUT2D eigenvalue weighted by Gasteiger charge is -2.36.